The number of hydrogen-bond donors (Lipinski definition) is 0. The molecule has 1 aliphatic rings. The summed E-state index contributed by atoms with van der Waals surface area (Å²) in [5.41, 5.74) is -0.306. The Morgan fingerprint density at radius 3 is 2.25 bits per heavy atom. The Kier molecular flexibility index (Phi) is 0.897. The van der Waals surface area contributed by atoms with Crippen molar-refractivity contribution < 1.29 is 4.74 Å². The van der Waals surface area contributed by atoms with E-state index in [9.17, 15) is 5.21 Å². The predicted molar refractivity (Wildman–Crippen MR) is 32.9 cm³/mol. The number of hydrogen-bond acceptors (Lipinski definition) is 1. The number of hydroxylamine groups is 1. The topological polar surface area (TPSA) is 26.1 Å². The molecule has 0 atom stereocenters. The normalized spacial score (nSPS) is 23.5. The molecule has 8 heavy (non-hydrogen) atoms. The maximum atomic E-state index is 10.7. The van der Waals surface area contributed by atoms with Crippen molar-refractivity contribution >= 4 is 6.21 Å². The monoisotopic (exact) mass is 111 g/mol. The minimum Gasteiger partial charge on any atom is -0.623 e. The Balaban J connectivity index is 2.87. The van der Waals surface area contributed by atoms with Gasteiger partial charge in [-0.15, -0.1) is 0 Å². The Hall–Kier alpha value is -0.790. The first kappa shape index (κ1) is 5.35. The fourth-order valence-corrected chi connectivity index (χ4v) is 0.622. The molecular formula is C6H9NO. The van der Waals surface area contributed by atoms with E-state index in [1.165, 1.54) is 6.21 Å². The first-order chi connectivity index (χ1) is 3.63. The van der Waals surface area contributed by atoms with E-state index in [0.717, 1.165) is 4.74 Å². The second-order valence-corrected chi connectivity index (χ2v) is 2.49. The Bertz CT molecular complexity index is 156. The summed E-state index contributed by atoms with van der Waals surface area (Å²) >= 11 is 0. The van der Waals surface area contributed by atoms with Crippen LogP contribution in [-0.2, 0) is 0 Å². The van der Waals surface area contributed by atoms with Gasteiger partial charge in [0.2, 0.25) is 0 Å². The van der Waals surface area contributed by atoms with Gasteiger partial charge in [0.25, 0.3) is 0 Å². The van der Waals surface area contributed by atoms with Gasteiger partial charge in [-0.05, 0) is 6.08 Å². The van der Waals surface area contributed by atoms with E-state index in [1.807, 2.05) is 19.9 Å². The van der Waals surface area contributed by atoms with Crippen LogP contribution in [-0.4, -0.2) is 16.5 Å². The van der Waals surface area contributed by atoms with Gasteiger partial charge >= 0.3 is 0 Å². The van der Waals surface area contributed by atoms with Crippen molar-refractivity contribution in [1.29, 1.82) is 0 Å². The molecule has 2 heteroatoms. The van der Waals surface area contributed by atoms with Gasteiger partial charge in [-0.1, -0.05) is 0 Å². The van der Waals surface area contributed by atoms with Crippen molar-refractivity contribution in [2.45, 2.75) is 19.4 Å². The molecule has 1 aliphatic heterocycles. The van der Waals surface area contributed by atoms with Crippen LogP contribution in [0.25, 0.3) is 0 Å². The maximum absolute atomic E-state index is 10.7. The number of nitrogens with zero attached hydrogens (tertiary/aromatic N) is 1. The zero-order chi connectivity index (χ0) is 6.20. The molecular weight excluding hydrogens is 102 g/mol. The van der Waals surface area contributed by atoms with Crippen LogP contribution in [0.4, 0.5) is 0 Å². The van der Waals surface area contributed by atoms with E-state index in [1.54, 1.807) is 6.08 Å². The van der Waals surface area contributed by atoms with Crippen LogP contribution in [0.15, 0.2) is 12.2 Å². The van der Waals surface area contributed by atoms with Crippen LogP contribution < -0.4 is 0 Å². The van der Waals surface area contributed by atoms with Crippen molar-refractivity contribution in [2.24, 2.45) is 0 Å². The van der Waals surface area contributed by atoms with E-state index in [2.05, 4.69) is 0 Å². The third-order valence-corrected chi connectivity index (χ3v) is 1.29. The second kappa shape index (κ2) is 1.34. The molecule has 0 fully saturated rings. The highest BCUT2D eigenvalue weighted by molar-refractivity contribution is 5.68. The predicted octanol–water partition coefficient (Wildman–Crippen LogP) is 0.916. The molecule has 0 aromatic rings. The average molecular weight is 111 g/mol. The lowest BCUT2D eigenvalue weighted by molar-refractivity contribution is -0.516. The molecule has 0 saturated carbocycles. The third kappa shape index (κ3) is 0.619. The van der Waals surface area contributed by atoms with Crippen molar-refractivity contribution in [3.8, 4) is 0 Å². The highest BCUT2D eigenvalue weighted by Crippen LogP contribution is 2.12. The van der Waals surface area contributed by atoms with E-state index in [4.69, 9.17) is 0 Å². The van der Waals surface area contributed by atoms with Gasteiger partial charge in [0.15, 0.2) is 11.8 Å². The second-order valence-electron chi connectivity index (χ2n) is 2.49. The lowest BCUT2D eigenvalue weighted by Crippen LogP contribution is -2.26. The molecule has 0 saturated heterocycles. The SMILES string of the molecule is CC1(C)C=CC=[N+]1[O-]. The molecule has 0 spiro atoms. The van der Waals surface area contributed by atoms with Crippen LogP contribution in [0, 0.1) is 5.21 Å². The summed E-state index contributed by atoms with van der Waals surface area (Å²) in [7, 11) is 0. The zero-order valence-corrected chi connectivity index (χ0v) is 5.09. The van der Waals surface area contributed by atoms with Gasteiger partial charge in [0.05, 0.1) is 0 Å². The molecule has 0 aromatic carbocycles. The summed E-state index contributed by atoms with van der Waals surface area (Å²) in [6.07, 6.45) is 5.17. The fourth-order valence-electron chi connectivity index (χ4n) is 0.622. The molecule has 44 valence electrons. The van der Waals surface area contributed by atoms with E-state index in [-0.39, 0.29) is 5.54 Å². The highest BCUT2D eigenvalue weighted by atomic mass is 16.5. The summed E-state index contributed by atoms with van der Waals surface area (Å²) in [5, 5.41) is 10.7. The molecule has 1 heterocycles. The summed E-state index contributed by atoms with van der Waals surface area (Å²) in [5.74, 6) is 0. The largest absolute Gasteiger partial charge is 0.623 e. The Morgan fingerprint density at radius 2 is 2.12 bits per heavy atom. The van der Waals surface area contributed by atoms with Crippen molar-refractivity contribution in [3.63, 3.8) is 0 Å². The van der Waals surface area contributed by atoms with Crippen LogP contribution in [0.2, 0.25) is 0 Å². The van der Waals surface area contributed by atoms with Crippen molar-refractivity contribution in [1.82, 2.24) is 0 Å². The van der Waals surface area contributed by atoms with Gasteiger partial charge in [-0.3, -0.25) is 0 Å². The van der Waals surface area contributed by atoms with Gasteiger partial charge in [0.1, 0.15) is 0 Å². The quantitative estimate of drug-likeness (QED) is 0.337. The minimum absolute atomic E-state index is 0.306. The Morgan fingerprint density at radius 1 is 1.50 bits per heavy atom. The highest BCUT2D eigenvalue weighted by Gasteiger charge is 2.24. The lowest BCUT2D eigenvalue weighted by Gasteiger charge is -2.15. The smallest absolute Gasteiger partial charge is 0.186 e. The lowest BCUT2D eigenvalue weighted by atomic mass is 10.1. The summed E-state index contributed by atoms with van der Waals surface area (Å²) in [4.78, 5) is 0. The van der Waals surface area contributed by atoms with E-state index >= 15 is 0 Å². The molecule has 0 amide bonds. The van der Waals surface area contributed by atoms with Crippen LogP contribution in [0.5, 0.6) is 0 Å². The summed E-state index contributed by atoms with van der Waals surface area (Å²) in [6, 6.07) is 0. The molecule has 1 rings (SSSR count). The van der Waals surface area contributed by atoms with Gasteiger partial charge in [0, 0.05) is 19.9 Å². The van der Waals surface area contributed by atoms with Crippen LogP contribution in [0.3, 0.4) is 0 Å². The Labute approximate surface area is 48.7 Å². The third-order valence-electron chi connectivity index (χ3n) is 1.29. The van der Waals surface area contributed by atoms with Crippen molar-refractivity contribution in [3.05, 3.63) is 17.4 Å². The standard InChI is InChI=1S/C6H9NO/c1-6(2)4-3-5-7(6)8/h3-5H,1-2H3. The number of rotatable bonds is 0. The molecule has 0 aliphatic carbocycles. The molecule has 0 radical (unpaired) electrons. The van der Waals surface area contributed by atoms with E-state index in [0.29, 0.717) is 0 Å². The van der Waals surface area contributed by atoms with Crippen LogP contribution >= 0.6 is 0 Å². The fraction of sp³-hybridized carbons (Fsp3) is 0.500. The molecule has 0 unspecified atom stereocenters. The zero-order valence-electron chi connectivity index (χ0n) is 5.09. The molecule has 0 bridgehead atoms. The first-order valence-corrected chi connectivity index (χ1v) is 2.62. The van der Waals surface area contributed by atoms with Gasteiger partial charge in [-0.25, -0.2) is 4.74 Å². The van der Waals surface area contributed by atoms with E-state index < -0.39 is 0 Å². The average Bonchev–Trinajstić information content (AvgIpc) is 1.86. The maximum Gasteiger partial charge on any atom is 0.186 e. The summed E-state index contributed by atoms with van der Waals surface area (Å²) < 4.78 is 0.938. The molecule has 2 nitrogen and oxygen atoms in total. The number of allylic oxidation sites excluding steroid dienone is 1. The van der Waals surface area contributed by atoms with Crippen LogP contribution in [0.1, 0.15) is 13.8 Å². The van der Waals surface area contributed by atoms with Gasteiger partial charge in [-0.2, -0.15) is 0 Å². The van der Waals surface area contributed by atoms with Gasteiger partial charge < -0.3 is 5.21 Å². The minimum atomic E-state index is -0.306. The summed E-state index contributed by atoms with van der Waals surface area (Å²) in [6.45, 7) is 3.75. The molecule has 0 aromatic heterocycles. The first-order valence-electron chi connectivity index (χ1n) is 2.62. The molecule has 0 N–H and O–H groups in total. The van der Waals surface area contributed by atoms with Crippen molar-refractivity contribution in [2.75, 3.05) is 0 Å².